The first kappa shape index (κ1) is 27.1. The van der Waals surface area contributed by atoms with Crippen LogP contribution in [0, 0.1) is 17.6 Å². The van der Waals surface area contributed by atoms with Crippen molar-refractivity contribution in [3.8, 4) is 0 Å². The number of aromatic carboxylic acids is 1. The van der Waals surface area contributed by atoms with Crippen molar-refractivity contribution < 1.29 is 36.6 Å². The normalized spacial score (nSPS) is 13.0. The zero-order valence-corrected chi connectivity index (χ0v) is 20.5. The number of halogens is 3. The van der Waals surface area contributed by atoms with Crippen molar-refractivity contribution in [2.45, 2.75) is 23.6 Å². The molecule has 190 valence electrons. The van der Waals surface area contributed by atoms with Gasteiger partial charge in [0.25, 0.3) is 0 Å². The highest BCUT2D eigenvalue weighted by Gasteiger charge is 2.36. The van der Waals surface area contributed by atoms with Gasteiger partial charge in [-0.25, -0.2) is 26.8 Å². The van der Waals surface area contributed by atoms with E-state index in [2.05, 4.69) is 5.32 Å². The minimum Gasteiger partial charge on any atom is -0.478 e. The van der Waals surface area contributed by atoms with Crippen molar-refractivity contribution in [1.82, 2.24) is 5.32 Å². The standard InChI is InChI=1S/C25H22ClF2NO6S/c1-15(14-35-25(32)29-13-16-2-4-17(5-3-16)24(30)31)23(21-12-19(27)8-11-22(21)28)36(33,34)20-9-6-18(26)7-10-20/h2-12,15,23H,13-14H2,1H3,(H,29,32)(H,30,31)/t15-,23+/m1/s1. The summed E-state index contributed by atoms with van der Waals surface area (Å²) in [5.74, 6) is -3.79. The van der Waals surface area contributed by atoms with E-state index >= 15 is 0 Å². The third-order valence-corrected chi connectivity index (χ3v) is 7.94. The van der Waals surface area contributed by atoms with E-state index in [0.29, 0.717) is 10.6 Å². The Morgan fingerprint density at radius 2 is 1.67 bits per heavy atom. The average Bonchev–Trinajstić information content (AvgIpc) is 2.84. The van der Waals surface area contributed by atoms with Crippen LogP contribution in [0.25, 0.3) is 0 Å². The molecule has 0 aliphatic rings. The zero-order chi connectivity index (χ0) is 26.5. The number of nitrogens with one attached hydrogen (secondary N) is 1. The number of ether oxygens (including phenoxy) is 1. The second-order valence-electron chi connectivity index (χ2n) is 8.02. The molecule has 0 saturated heterocycles. The molecule has 0 heterocycles. The average molecular weight is 538 g/mol. The maximum absolute atomic E-state index is 14.7. The largest absolute Gasteiger partial charge is 0.478 e. The summed E-state index contributed by atoms with van der Waals surface area (Å²) in [5.41, 5.74) is 0.308. The van der Waals surface area contributed by atoms with Gasteiger partial charge in [0.15, 0.2) is 9.84 Å². The van der Waals surface area contributed by atoms with Crippen LogP contribution in [0.2, 0.25) is 5.02 Å². The Hall–Kier alpha value is -3.50. The molecule has 0 aliphatic carbocycles. The summed E-state index contributed by atoms with van der Waals surface area (Å²) in [4.78, 5) is 23.0. The molecule has 2 N–H and O–H groups in total. The third-order valence-electron chi connectivity index (χ3n) is 5.37. The molecule has 3 rings (SSSR count). The Kier molecular flexibility index (Phi) is 8.65. The lowest BCUT2D eigenvalue weighted by atomic mass is 10.0. The first-order valence-corrected chi connectivity index (χ1v) is 12.6. The Morgan fingerprint density at radius 3 is 2.28 bits per heavy atom. The Labute approximate surface area is 211 Å². The molecule has 11 heteroatoms. The van der Waals surface area contributed by atoms with Crippen molar-refractivity contribution in [2.75, 3.05) is 6.61 Å². The fraction of sp³-hybridized carbons (Fsp3) is 0.200. The SMILES string of the molecule is C[C@H](COC(=O)NCc1ccc(C(=O)O)cc1)[C@@H](c1cc(F)ccc1F)S(=O)(=O)c1ccc(Cl)cc1. The van der Waals surface area contributed by atoms with E-state index in [1.165, 1.54) is 55.5 Å². The number of benzene rings is 3. The van der Waals surface area contributed by atoms with E-state index in [1.54, 1.807) is 0 Å². The Morgan fingerprint density at radius 1 is 1.03 bits per heavy atom. The lowest BCUT2D eigenvalue weighted by Gasteiger charge is -2.25. The topological polar surface area (TPSA) is 110 Å². The number of carboxylic acid groups (broad SMARTS) is 1. The molecule has 0 spiro atoms. The number of carboxylic acids is 1. The maximum Gasteiger partial charge on any atom is 0.407 e. The van der Waals surface area contributed by atoms with Crippen LogP contribution in [0.3, 0.4) is 0 Å². The van der Waals surface area contributed by atoms with Crippen molar-refractivity contribution in [2.24, 2.45) is 5.92 Å². The van der Waals surface area contributed by atoms with Gasteiger partial charge in [0.2, 0.25) is 0 Å². The Bertz CT molecular complexity index is 1350. The highest BCUT2D eigenvalue weighted by Crippen LogP contribution is 2.37. The van der Waals surface area contributed by atoms with Crippen LogP contribution >= 0.6 is 11.6 Å². The highest BCUT2D eigenvalue weighted by atomic mass is 35.5. The van der Waals surface area contributed by atoms with Crippen LogP contribution < -0.4 is 5.32 Å². The molecular weight excluding hydrogens is 516 g/mol. The smallest absolute Gasteiger partial charge is 0.407 e. The summed E-state index contributed by atoms with van der Waals surface area (Å²) in [6.07, 6.45) is -0.869. The van der Waals surface area contributed by atoms with Gasteiger partial charge < -0.3 is 15.2 Å². The number of carbonyl (C=O) groups is 2. The summed E-state index contributed by atoms with van der Waals surface area (Å²) in [7, 11) is -4.25. The fourth-order valence-electron chi connectivity index (χ4n) is 3.57. The molecule has 0 fully saturated rings. The fourth-order valence-corrected chi connectivity index (χ4v) is 5.71. The monoisotopic (exact) mass is 537 g/mol. The van der Waals surface area contributed by atoms with Gasteiger partial charge in [-0.1, -0.05) is 30.7 Å². The molecule has 0 saturated carbocycles. The summed E-state index contributed by atoms with van der Waals surface area (Å²) in [6.45, 7) is 1.05. The van der Waals surface area contributed by atoms with Crippen LogP contribution in [0.15, 0.2) is 71.6 Å². The van der Waals surface area contributed by atoms with E-state index in [9.17, 15) is 26.8 Å². The molecule has 36 heavy (non-hydrogen) atoms. The maximum atomic E-state index is 14.7. The van der Waals surface area contributed by atoms with Gasteiger partial charge in [-0.3, -0.25) is 0 Å². The van der Waals surface area contributed by atoms with Crippen LogP contribution in [0.1, 0.15) is 33.7 Å². The number of rotatable bonds is 9. The first-order valence-electron chi connectivity index (χ1n) is 10.7. The molecule has 1 amide bonds. The summed E-state index contributed by atoms with van der Waals surface area (Å²) in [6, 6.07) is 13.6. The summed E-state index contributed by atoms with van der Waals surface area (Å²) < 4.78 is 60.7. The molecule has 0 radical (unpaired) electrons. The molecule has 2 atom stereocenters. The number of amides is 1. The minimum atomic E-state index is -4.25. The van der Waals surface area contributed by atoms with Gasteiger partial charge >= 0.3 is 12.1 Å². The lowest BCUT2D eigenvalue weighted by Crippen LogP contribution is -2.29. The minimum absolute atomic E-state index is 0.0259. The van der Waals surface area contributed by atoms with Crippen molar-refractivity contribution in [3.63, 3.8) is 0 Å². The van der Waals surface area contributed by atoms with Gasteiger partial charge in [-0.15, -0.1) is 0 Å². The number of carbonyl (C=O) groups excluding carboxylic acids is 1. The van der Waals surface area contributed by atoms with E-state index < -0.39 is 51.3 Å². The molecule has 0 aromatic heterocycles. The van der Waals surface area contributed by atoms with Crippen molar-refractivity contribution in [3.05, 3.63) is 100 Å². The summed E-state index contributed by atoms with van der Waals surface area (Å²) >= 11 is 5.85. The quantitative estimate of drug-likeness (QED) is 0.378. The molecule has 0 unspecified atom stereocenters. The van der Waals surface area contributed by atoms with Crippen LogP contribution in [-0.2, 0) is 21.1 Å². The highest BCUT2D eigenvalue weighted by molar-refractivity contribution is 7.91. The van der Waals surface area contributed by atoms with Crippen LogP contribution in [-0.4, -0.2) is 32.2 Å². The molecular formula is C25H22ClF2NO6S. The molecule has 3 aromatic rings. The van der Waals surface area contributed by atoms with Crippen LogP contribution in [0.5, 0.6) is 0 Å². The van der Waals surface area contributed by atoms with Crippen molar-refractivity contribution in [1.29, 1.82) is 0 Å². The van der Waals surface area contributed by atoms with E-state index in [0.717, 1.165) is 18.2 Å². The Balaban J connectivity index is 1.76. The predicted molar refractivity (Wildman–Crippen MR) is 128 cm³/mol. The van der Waals surface area contributed by atoms with Gasteiger partial charge in [-0.05, 0) is 60.2 Å². The van der Waals surface area contributed by atoms with Crippen molar-refractivity contribution >= 4 is 33.5 Å². The molecule has 0 bridgehead atoms. The molecule has 0 aliphatic heterocycles. The lowest BCUT2D eigenvalue weighted by molar-refractivity contribution is 0.0696. The van der Waals surface area contributed by atoms with Crippen LogP contribution in [0.4, 0.5) is 13.6 Å². The number of hydrogen-bond donors (Lipinski definition) is 2. The number of sulfone groups is 1. The first-order chi connectivity index (χ1) is 17.0. The van der Waals surface area contributed by atoms with Gasteiger partial charge in [0.05, 0.1) is 22.3 Å². The van der Waals surface area contributed by atoms with Gasteiger partial charge in [-0.2, -0.15) is 0 Å². The van der Waals surface area contributed by atoms with Gasteiger partial charge in [0, 0.05) is 23.0 Å². The van der Waals surface area contributed by atoms with Gasteiger partial charge in [0.1, 0.15) is 11.6 Å². The number of hydrogen-bond acceptors (Lipinski definition) is 5. The third kappa shape index (κ3) is 6.58. The van der Waals surface area contributed by atoms with E-state index in [4.69, 9.17) is 21.4 Å². The number of alkyl carbamates (subject to hydrolysis) is 1. The van der Waals surface area contributed by atoms with E-state index in [1.807, 2.05) is 0 Å². The summed E-state index contributed by atoms with van der Waals surface area (Å²) in [5, 5.41) is 10.1. The zero-order valence-electron chi connectivity index (χ0n) is 19.0. The second kappa shape index (κ2) is 11.5. The molecule has 3 aromatic carbocycles. The molecule has 7 nitrogen and oxygen atoms in total. The second-order valence-corrected chi connectivity index (χ2v) is 10.5. The van der Waals surface area contributed by atoms with E-state index in [-0.39, 0.29) is 22.6 Å². The predicted octanol–water partition coefficient (Wildman–Crippen LogP) is 5.39.